The Bertz CT molecular complexity index is 1900. The van der Waals surface area contributed by atoms with Crippen molar-refractivity contribution in [3.8, 4) is 0 Å². The van der Waals surface area contributed by atoms with Gasteiger partial charge >= 0.3 is 0 Å². The van der Waals surface area contributed by atoms with Gasteiger partial charge < -0.3 is 0 Å². The highest BCUT2D eigenvalue weighted by Crippen LogP contribution is 2.58. The highest BCUT2D eigenvalue weighted by molar-refractivity contribution is 5.91. The smallest absolute Gasteiger partial charge is 0.0202 e. The Kier molecular flexibility index (Phi) is 4.91. The van der Waals surface area contributed by atoms with E-state index in [9.17, 15) is 0 Å². The lowest BCUT2D eigenvalue weighted by Crippen LogP contribution is -2.38. The van der Waals surface area contributed by atoms with Crippen molar-refractivity contribution in [1.82, 2.24) is 0 Å². The maximum absolute atomic E-state index is 2.62. The zero-order valence-corrected chi connectivity index (χ0v) is 22.7. The van der Waals surface area contributed by atoms with Gasteiger partial charge in [0.25, 0.3) is 0 Å². The van der Waals surface area contributed by atoms with E-state index in [-0.39, 0.29) is 0 Å². The molecule has 0 fully saturated rings. The molecule has 0 saturated carbocycles. The number of allylic oxidation sites excluding steroid dienone is 18. The molecule has 40 heavy (non-hydrogen) atoms. The summed E-state index contributed by atoms with van der Waals surface area (Å²) in [6, 6.07) is 20.3. The summed E-state index contributed by atoms with van der Waals surface area (Å²) >= 11 is 0. The highest BCUT2D eigenvalue weighted by atomic mass is 14.5. The molecule has 9 rings (SSSR count). The highest BCUT2D eigenvalue weighted by Gasteiger charge is 2.45. The predicted octanol–water partition coefficient (Wildman–Crippen LogP) is 7.90. The monoisotopic (exact) mass is 512 g/mol. The number of benzene rings is 2. The molecular formula is C40H32. The van der Waals surface area contributed by atoms with E-state index in [0.717, 1.165) is 25.7 Å². The van der Waals surface area contributed by atoms with Crippen LogP contribution >= 0.6 is 0 Å². The zero-order chi connectivity index (χ0) is 26.2. The average molecular weight is 513 g/mol. The van der Waals surface area contributed by atoms with Gasteiger partial charge in [0, 0.05) is 17.8 Å². The fourth-order valence-corrected chi connectivity index (χ4v) is 8.50. The van der Waals surface area contributed by atoms with E-state index in [1.165, 1.54) is 55.9 Å². The van der Waals surface area contributed by atoms with Gasteiger partial charge in [-0.1, -0.05) is 109 Å². The molecule has 3 atom stereocenters. The van der Waals surface area contributed by atoms with Crippen molar-refractivity contribution >= 4 is 11.1 Å². The second-order valence-electron chi connectivity index (χ2n) is 12.1. The van der Waals surface area contributed by atoms with E-state index in [2.05, 4.69) is 115 Å². The van der Waals surface area contributed by atoms with Crippen molar-refractivity contribution < 1.29 is 0 Å². The molecule has 0 aromatic heterocycles. The molecule has 7 aliphatic rings. The number of hydrogen-bond donors (Lipinski definition) is 0. The zero-order valence-electron chi connectivity index (χ0n) is 22.7. The third-order valence-corrected chi connectivity index (χ3v) is 10.1. The van der Waals surface area contributed by atoms with Gasteiger partial charge in [-0.3, -0.25) is 0 Å². The first-order valence-corrected chi connectivity index (χ1v) is 15.1. The maximum atomic E-state index is 2.62. The van der Waals surface area contributed by atoms with Crippen molar-refractivity contribution in [3.63, 3.8) is 0 Å². The van der Waals surface area contributed by atoms with Crippen LogP contribution in [0.1, 0.15) is 37.7 Å². The van der Waals surface area contributed by atoms with E-state index >= 15 is 0 Å². The van der Waals surface area contributed by atoms with Gasteiger partial charge in [0.1, 0.15) is 0 Å². The second-order valence-corrected chi connectivity index (χ2v) is 12.1. The Labute approximate surface area is 236 Å². The lowest BCUT2D eigenvalue weighted by atomic mass is 9.68. The summed E-state index contributed by atoms with van der Waals surface area (Å²) in [5, 5.41) is 2.79. The largest absolute Gasteiger partial charge is 0.0839 e. The van der Waals surface area contributed by atoms with Crippen LogP contribution in [-0.4, -0.2) is 0 Å². The first-order chi connectivity index (χ1) is 19.9. The van der Waals surface area contributed by atoms with Gasteiger partial charge in [0.15, 0.2) is 0 Å². The topological polar surface area (TPSA) is 0 Å². The van der Waals surface area contributed by atoms with Crippen molar-refractivity contribution in [2.75, 3.05) is 0 Å². The Morgan fingerprint density at radius 1 is 0.725 bits per heavy atom. The lowest BCUT2D eigenvalue weighted by molar-refractivity contribution is 0.582. The van der Waals surface area contributed by atoms with Gasteiger partial charge in [-0.2, -0.15) is 0 Å². The van der Waals surface area contributed by atoms with Crippen LogP contribution in [0.4, 0.5) is 0 Å². The van der Waals surface area contributed by atoms with E-state index in [0.29, 0.717) is 17.8 Å². The van der Waals surface area contributed by atoms with Crippen LogP contribution in [0.3, 0.4) is 0 Å². The van der Waals surface area contributed by atoms with E-state index in [4.69, 9.17) is 0 Å². The minimum absolute atomic E-state index is 0.354. The maximum Gasteiger partial charge on any atom is 0.0202 e. The minimum atomic E-state index is 0.354. The van der Waals surface area contributed by atoms with Crippen molar-refractivity contribution in [2.24, 2.45) is 17.8 Å². The summed E-state index contributed by atoms with van der Waals surface area (Å²) in [7, 11) is 0. The molecule has 2 aromatic rings. The van der Waals surface area contributed by atoms with Gasteiger partial charge in [0.05, 0.1) is 0 Å². The van der Waals surface area contributed by atoms with Gasteiger partial charge in [-0.25, -0.2) is 0 Å². The molecule has 0 heteroatoms. The fourth-order valence-electron chi connectivity index (χ4n) is 8.50. The van der Waals surface area contributed by atoms with E-state index in [1.54, 1.807) is 22.3 Å². The molecule has 0 radical (unpaired) electrons. The Morgan fingerprint density at radius 2 is 1.57 bits per heavy atom. The summed E-state index contributed by atoms with van der Waals surface area (Å²) in [6.07, 6.45) is 30.2. The third kappa shape index (κ3) is 3.14. The fraction of sp³-hybridized carbons (Fsp3) is 0.200. The van der Waals surface area contributed by atoms with Crippen molar-refractivity contribution in [3.05, 3.63) is 176 Å². The molecule has 7 aliphatic carbocycles. The lowest BCUT2D eigenvalue weighted by Gasteiger charge is -2.35. The first kappa shape index (κ1) is 22.6. The average Bonchev–Trinajstić information content (AvgIpc) is 3.33. The summed E-state index contributed by atoms with van der Waals surface area (Å²) in [5.74, 6) is 1.29. The second kappa shape index (κ2) is 8.67. The molecule has 192 valence electrons. The summed E-state index contributed by atoms with van der Waals surface area (Å²) in [6.45, 7) is 0. The molecule has 0 spiro atoms. The number of fused-ring (bicyclic) bond motifs is 5. The van der Waals surface area contributed by atoms with Crippen LogP contribution in [0.15, 0.2) is 160 Å². The molecule has 0 N–H and O–H groups in total. The van der Waals surface area contributed by atoms with Crippen molar-refractivity contribution in [1.29, 1.82) is 0 Å². The van der Waals surface area contributed by atoms with Crippen LogP contribution in [0.5, 0.6) is 0 Å². The van der Waals surface area contributed by atoms with Crippen LogP contribution in [0, 0.1) is 17.8 Å². The molecule has 0 amide bonds. The molecule has 0 bridgehead atoms. The summed E-state index contributed by atoms with van der Waals surface area (Å²) in [4.78, 5) is 0. The van der Waals surface area contributed by atoms with E-state index in [1.807, 2.05) is 0 Å². The van der Waals surface area contributed by atoms with Crippen LogP contribution in [0.2, 0.25) is 0 Å². The molecule has 0 saturated heterocycles. The van der Waals surface area contributed by atoms with Gasteiger partial charge in [-0.15, -0.1) is 0 Å². The predicted molar refractivity (Wildman–Crippen MR) is 165 cm³/mol. The molecule has 2 aromatic carbocycles. The van der Waals surface area contributed by atoms with Crippen LogP contribution in [0.25, 0.3) is 11.1 Å². The molecule has 0 nitrogen and oxygen atoms in total. The summed E-state index contributed by atoms with van der Waals surface area (Å²) in [5.41, 5.74) is 16.6. The Balaban J connectivity index is 1.33. The quantitative estimate of drug-likeness (QED) is 0.384. The number of hydrogen-bond acceptors (Lipinski definition) is 0. The minimum Gasteiger partial charge on any atom is -0.0839 e. The standard InChI is InChI=1S/C40H32/c1-3-12-25(13-4-1)38-30-18-9-10-19-31(30)39(26-14-5-2-6-15-26)37-24-34-33(23-36(37)38)32-21-11-20-29-28-17-8-7-16-27(28)22-35(34)40(29)32/h1,3-5,8-15,17-23,29,37,40H,2,6-7,16,24H2. The van der Waals surface area contributed by atoms with E-state index < -0.39 is 0 Å². The summed E-state index contributed by atoms with van der Waals surface area (Å²) < 4.78 is 0. The Morgan fingerprint density at radius 3 is 2.45 bits per heavy atom. The third-order valence-electron chi connectivity index (χ3n) is 10.1. The first-order valence-electron chi connectivity index (χ1n) is 15.1. The van der Waals surface area contributed by atoms with Crippen LogP contribution < -0.4 is 10.4 Å². The molecule has 3 unspecified atom stereocenters. The van der Waals surface area contributed by atoms with Crippen molar-refractivity contribution in [2.45, 2.75) is 32.1 Å². The number of rotatable bonds is 2. The normalized spacial score (nSPS) is 27.2. The molecule has 0 heterocycles. The van der Waals surface area contributed by atoms with Gasteiger partial charge in [0.2, 0.25) is 0 Å². The molecule has 0 aliphatic heterocycles. The van der Waals surface area contributed by atoms with Gasteiger partial charge in [-0.05, 0) is 110 Å². The molecular weight excluding hydrogens is 480 g/mol. The Hall–Kier alpha value is -4.16. The SMILES string of the molecule is C1=CC2C3=C(C=C4C5=C(C=C6C(c7ccccc7)=c7ccccc7=C(C7=CCCC=C7)C6C5)C(=C1)C42)CCC=C3. The van der Waals surface area contributed by atoms with Crippen LogP contribution in [-0.2, 0) is 0 Å².